The number of aliphatic hydroxyl groups is 1. The van der Waals surface area contributed by atoms with Gasteiger partial charge in [0.1, 0.15) is 17.7 Å². The minimum absolute atomic E-state index is 0.0431. The molecule has 2 N–H and O–H groups in total. The molecule has 0 saturated carbocycles. The summed E-state index contributed by atoms with van der Waals surface area (Å²) in [5.74, 6) is -3.27. The molecule has 4 heterocycles. The van der Waals surface area contributed by atoms with Crippen molar-refractivity contribution in [1.82, 2.24) is 20.0 Å². The molecule has 1 aromatic carbocycles. The van der Waals surface area contributed by atoms with E-state index < -0.39 is 47.7 Å². The van der Waals surface area contributed by atoms with Crippen LogP contribution >= 0.6 is 0 Å². The lowest BCUT2D eigenvalue weighted by atomic mass is 9.70. The number of nitrogens with zero attached hydrogens (tertiary/aromatic N) is 3. The average molecular weight is 711 g/mol. The van der Waals surface area contributed by atoms with Gasteiger partial charge in [0.05, 0.1) is 43.8 Å². The molecule has 7 atom stereocenters. The maximum absolute atomic E-state index is 14.6. The van der Waals surface area contributed by atoms with Gasteiger partial charge in [-0.15, -0.1) is 13.2 Å². The number of methoxy groups -OCH3 is 1. The van der Waals surface area contributed by atoms with Gasteiger partial charge in [0, 0.05) is 59.4 Å². The Morgan fingerprint density at radius 1 is 1.14 bits per heavy atom. The average Bonchev–Trinajstić information content (AvgIpc) is 3.79. The van der Waals surface area contributed by atoms with E-state index in [9.17, 15) is 24.3 Å². The maximum atomic E-state index is 14.6. The van der Waals surface area contributed by atoms with E-state index in [1.165, 1.54) is 7.11 Å². The molecule has 0 radical (unpaired) electrons. The molecule has 1 spiro atoms. The van der Waals surface area contributed by atoms with Gasteiger partial charge >= 0.3 is 5.97 Å². The van der Waals surface area contributed by atoms with Crippen molar-refractivity contribution in [2.24, 2.45) is 11.8 Å². The standard InChI is InChI=1S/C38H54N4O9/c1-4-6-14-30(44)39-28(26-48-3)33(27-12-8-7-9-13-27)50-37(47)31-29-15-16-38(51-29)32(31)35(45)42(18-10-11-23-43)34(38)36(46)41(17-5-2)20-19-40-21-24-49-25-22-40/h4-5,7-9,12-13,28-29,31-34,43H,1-2,6,10-11,14-26H2,3H3,(H,39,44)/t28-,29-,31+,32+,33-,34-,38+/m1/s1. The molecule has 0 unspecified atom stereocenters. The summed E-state index contributed by atoms with van der Waals surface area (Å²) in [4.78, 5) is 62.0. The van der Waals surface area contributed by atoms with Gasteiger partial charge in [-0.2, -0.15) is 0 Å². The number of rotatable bonds is 20. The van der Waals surface area contributed by atoms with Crippen molar-refractivity contribution >= 4 is 23.7 Å². The lowest BCUT2D eigenvalue weighted by molar-refractivity contribution is -0.163. The summed E-state index contributed by atoms with van der Waals surface area (Å²) in [6, 6.07) is 7.48. The van der Waals surface area contributed by atoms with Crippen molar-refractivity contribution in [1.29, 1.82) is 0 Å². The van der Waals surface area contributed by atoms with Crippen molar-refractivity contribution in [2.75, 3.05) is 72.8 Å². The van der Waals surface area contributed by atoms with Crippen molar-refractivity contribution in [3.63, 3.8) is 0 Å². The van der Waals surface area contributed by atoms with Crippen molar-refractivity contribution in [3.8, 4) is 0 Å². The Hall–Kier alpha value is -3.62. The van der Waals surface area contributed by atoms with Gasteiger partial charge in [-0.3, -0.25) is 24.1 Å². The zero-order valence-corrected chi connectivity index (χ0v) is 29.8. The maximum Gasteiger partial charge on any atom is 0.313 e. The number of nitrogens with one attached hydrogen (secondary N) is 1. The number of esters is 1. The fourth-order valence-electron chi connectivity index (χ4n) is 8.17. The zero-order valence-electron chi connectivity index (χ0n) is 29.8. The van der Waals surface area contributed by atoms with Crippen molar-refractivity contribution < 1.29 is 43.2 Å². The normalized spacial score (nSPS) is 26.7. The molecule has 13 nitrogen and oxygen atoms in total. The van der Waals surface area contributed by atoms with Crippen LogP contribution in [0.2, 0.25) is 0 Å². The number of likely N-dealkylation sites (tertiary alicyclic amines) is 1. The van der Waals surface area contributed by atoms with Crippen LogP contribution in [0.1, 0.15) is 50.2 Å². The Morgan fingerprint density at radius 3 is 2.59 bits per heavy atom. The predicted molar refractivity (Wildman–Crippen MR) is 188 cm³/mol. The molecule has 5 rings (SSSR count). The van der Waals surface area contributed by atoms with Gasteiger partial charge in [0.15, 0.2) is 0 Å². The molecular weight excluding hydrogens is 656 g/mol. The second kappa shape index (κ2) is 18.2. The van der Waals surface area contributed by atoms with E-state index in [4.69, 9.17) is 18.9 Å². The highest BCUT2D eigenvalue weighted by Gasteiger charge is 2.75. The van der Waals surface area contributed by atoms with Gasteiger partial charge < -0.3 is 39.2 Å². The number of ether oxygens (including phenoxy) is 4. The van der Waals surface area contributed by atoms with Crippen LogP contribution < -0.4 is 5.32 Å². The number of carbonyl (C=O) groups is 4. The lowest BCUT2D eigenvalue weighted by Gasteiger charge is -2.37. The summed E-state index contributed by atoms with van der Waals surface area (Å²) >= 11 is 0. The monoisotopic (exact) mass is 710 g/mol. The molecule has 2 bridgehead atoms. The largest absolute Gasteiger partial charge is 0.455 e. The number of fused-ring (bicyclic) bond motifs is 1. The summed E-state index contributed by atoms with van der Waals surface area (Å²) in [6.07, 6.45) is 4.41. The van der Waals surface area contributed by atoms with Gasteiger partial charge in [0.2, 0.25) is 17.7 Å². The number of unbranched alkanes of at least 4 members (excludes halogenated alkanes) is 1. The van der Waals surface area contributed by atoms with Crippen LogP contribution in [-0.4, -0.2) is 140 Å². The Bertz CT molecular complexity index is 1370. The third kappa shape index (κ3) is 8.55. The fourth-order valence-corrected chi connectivity index (χ4v) is 8.17. The van der Waals surface area contributed by atoms with Crippen LogP contribution in [-0.2, 0) is 38.1 Å². The summed E-state index contributed by atoms with van der Waals surface area (Å²) in [7, 11) is 1.51. The number of allylic oxidation sites excluding steroid dienone is 1. The molecule has 51 heavy (non-hydrogen) atoms. The first-order valence-electron chi connectivity index (χ1n) is 18.2. The number of carbonyl (C=O) groups excluding carboxylic acids is 4. The smallest absolute Gasteiger partial charge is 0.313 e. The minimum atomic E-state index is -1.20. The van der Waals surface area contributed by atoms with Gasteiger partial charge in [0.25, 0.3) is 0 Å². The summed E-state index contributed by atoms with van der Waals surface area (Å²) in [5.41, 5.74) is -0.541. The molecule has 280 valence electrons. The van der Waals surface area contributed by atoms with E-state index in [1.54, 1.807) is 22.0 Å². The quantitative estimate of drug-likeness (QED) is 0.117. The molecule has 0 aromatic heterocycles. The molecule has 4 aliphatic rings. The van der Waals surface area contributed by atoms with E-state index >= 15 is 0 Å². The Kier molecular flexibility index (Phi) is 13.8. The highest BCUT2D eigenvalue weighted by Crippen LogP contribution is 2.59. The number of amides is 3. The number of benzene rings is 1. The Balaban J connectivity index is 1.43. The first kappa shape index (κ1) is 38.6. The van der Waals surface area contributed by atoms with E-state index in [-0.39, 0.29) is 43.9 Å². The van der Waals surface area contributed by atoms with E-state index in [1.807, 2.05) is 30.3 Å². The summed E-state index contributed by atoms with van der Waals surface area (Å²) in [5, 5.41) is 12.5. The first-order chi connectivity index (χ1) is 24.8. The fraction of sp³-hybridized carbons (Fsp3) is 0.632. The Morgan fingerprint density at radius 2 is 1.90 bits per heavy atom. The summed E-state index contributed by atoms with van der Waals surface area (Å²) in [6.45, 7) is 12.1. The molecule has 4 saturated heterocycles. The molecule has 4 fully saturated rings. The van der Waals surface area contributed by atoms with Crippen molar-refractivity contribution in [2.45, 2.75) is 68.4 Å². The number of hydrogen-bond donors (Lipinski definition) is 2. The summed E-state index contributed by atoms with van der Waals surface area (Å²) < 4.78 is 23.9. The topological polar surface area (TPSA) is 147 Å². The van der Waals surface area contributed by atoms with Crippen LogP contribution in [0.3, 0.4) is 0 Å². The second-order valence-electron chi connectivity index (χ2n) is 13.8. The zero-order chi connectivity index (χ0) is 36.4. The third-order valence-electron chi connectivity index (χ3n) is 10.6. The SMILES string of the molecule is C=CCCC(=O)N[C@H](COC)[C@H](OC(=O)[C@@H]1[C@H]2C(=O)N(CCCCO)[C@H](C(=O)N(CC=C)CCN3CCOCC3)[C@]23CC[C@H]1O3)c1ccccc1. The predicted octanol–water partition coefficient (Wildman–Crippen LogP) is 1.86. The van der Waals surface area contributed by atoms with E-state index in [0.29, 0.717) is 70.5 Å². The van der Waals surface area contributed by atoms with Gasteiger partial charge in [-0.05, 0) is 37.7 Å². The lowest BCUT2D eigenvalue weighted by Crippen LogP contribution is -2.57. The highest BCUT2D eigenvalue weighted by atomic mass is 16.6. The number of aliphatic hydroxyl groups excluding tert-OH is 1. The number of morpholine rings is 1. The van der Waals surface area contributed by atoms with Crippen molar-refractivity contribution in [3.05, 3.63) is 61.2 Å². The minimum Gasteiger partial charge on any atom is -0.455 e. The van der Waals surface area contributed by atoms with Crippen LogP contribution in [0.25, 0.3) is 0 Å². The Labute approximate surface area is 300 Å². The molecule has 3 amide bonds. The first-order valence-corrected chi connectivity index (χ1v) is 18.2. The third-order valence-corrected chi connectivity index (χ3v) is 10.6. The van der Waals surface area contributed by atoms with Gasteiger partial charge in [-0.25, -0.2) is 0 Å². The van der Waals surface area contributed by atoms with Crippen LogP contribution in [0, 0.1) is 11.8 Å². The highest BCUT2D eigenvalue weighted by molar-refractivity contribution is 5.98. The molecule has 1 aromatic rings. The molecule has 13 heteroatoms. The second-order valence-corrected chi connectivity index (χ2v) is 13.8. The molecule has 0 aliphatic carbocycles. The van der Waals surface area contributed by atoms with E-state index in [2.05, 4.69) is 23.4 Å². The van der Waals surface area contributed by atoms with Crippen LogP contribution in [0.15, 0.2) is 55.6 Å². The van der Waals surface area contributed by atoms with Gasteiger partial charge in [-0.1, -0.05) is 42.5 Å². The van der Waals surface area contributed by atoms with Crippen LogP contribution in [0.4, 0.5) is 0 Å². The van der Waals surface area contributed by atoms with Crippen LogP contribution in [0.5, 0.6) is 0 Å². The number of hydrogen-bond acceptors (Lipinski definition) is 10. The van der Waals surface area contributed by atoms with E-state index in [0.717, 1.165) is 13.1 Å². The molecule has 4 aliphatic heterocycles. The molecular formula is C38H54N4O9.